The first-order valence-corrected chi connectivity index (χ1v) is 30.1. The van der Waals surface area contributed by atoms with E-state index in [2.05, 4.69) is 64.5 Å². The van der Waals surface area contributed by atoms with Gasteiger partial charge in [-0.05, 0) is 113 Å². The van der Waals surface area contributed by atoms with Crippen LogP contribution < -0.4 is 26.2 Å². The number of benzene rings is 2. The molecule has 4 amide bonds. The Morgan fingerprint density at radius 1 is 0.872 bits per heavy atom. The number of anilines is 4. The molecule has 0 radical (unpaired) electrons. The number of pyridine rings is 3. The smallest absolute Gasteiger partial charge is 0.264 e. The molecule has 4 aliphatic rings. The maximum atomic E-state index is 15.1. The number of fused-ring (bicyclic) bond motifs is 2. The number of aromatic nitrogens is 7. The van der Waals surface area contributed by atoms with Crippen LogP contribution >= 0.6 is 0 Å². The summed E-state index contributed by atoms with van der Waals surface area (Å²) in [7, 11) is 1.43. The van der Waals surface area contributed by atoms with Gasteiger partial charge in [0.2, 0.25) is 11.8 Å². The predicted molar refractivity (Wildman–Crippen MR) is 335 cm³/mol. The summed E-state index contributed by atoms with van der Waals surface area (Å²) in [4.78, 5) is 89.1. The number of nitrogens with zero attached hydrogens (tertiary/aromatic N) is 11. The monoisotopic (exact) mass is 1170 g/mol. The lowest BCUT2D eigenvalue weighted by atomic mass is 9.93. The maximum absolute atomic E-state index is 15.1. The fourth-order valence-corrected chi connectivity index (χ4v) is 11.2. The number of hydrogen-bond donors (Lipinski definition) is 3. The normalized spacial score (nSPS) is 15.4. The Hall–Kier alpha value is -9.25. The Balaban J connectivity index is 0.000000234. The molecule has 4 aliphatic heterocycles. The van der Waals surface area contributed by atoms with Gasteiger partial charge in [0.05, 0.1) is 40.4 Å². The number of hydrogen-bond acceptors (Lipinski definition) is 14. The standard InChI is InChI=1S/C38H44N8O5.C24H23FN6.2C2H6/c1-3-4-7-26-11-12-33(41-22-26)43-17-13-28(14-18-43)36(49)44-19-15-29(16-20-44)45-25-27(24-42-45)23-40-31-9-5-8-30-34(31)38(51)46(37(30)50)32(10-6-21-47)35(48)39-2;1-16-28-21-8-7-20(17-10-11-27-23(26)14-17)29-24(21)31(16)18-6-9-22(19(25)15-18)30-12-4-2-3-5-13-30;2*1-2/h5,8-9,11-12,21-22,24-25,28-29,32,40H,3,6,10,13-20,23H2,1-2H3,(H,39,48);2,4,6-11,14-15H,3,5,12-13H2,1H3,(H2,26,27);2*1-2H3. The van der Waals surface area contributed by atoms with Gasteiger partial charge in [0.15, 0.2) is 5.65 Å². The average Bonchev–Trinajstić information content (AvgIpc) is 2.90. The molecule has 1 unspecified atom stereocenters. The summed E-state index contributed by atoms with van der Waals surface area (Å²) in [6.07, 6.45) is 18.4. The number of amides is 4. The molecule has 11 rings (SSSR count). The second-order valence-corrected chi connectivity index (χ2v) is 20.8. The molecule has 0 bridgehead atoms. The summed E-state index contributed by atoms with van der Waals surface area (Å²) in [6.45, 7) is 16.8. The van der Waals surface area contributed by atoms with Crippen LogP contribution in [0.1, 0.15) is 136 Å². The van der Waals surface area contributed by atoms with Gasteiger partial charge >= 0.3 is 0 Å². The number of allylic oxidation sites excluding steroid dienone is 1. The molecule has 0 saturated carbocycles. The van der Waals surface area contributed by atoms with Crippen LogP contribution in [0, 0.1) is 30.5 Å². The quantitative estimate of drug-likeness (QED) is 0.0399. The molecule has 20 heteroatoms. The Labute approximate surface area is 503 Å². The lowest BCUT2D eigenvalue weighted by molar-refractivity contribution is -0.137. The average molecular weight is 1170 g/mol. The van der Waals surface area contributed by atoms with Gasteiger partial charge in [0.25, 0.3) is 11.8 Å². The van der Waals surface area contributed by atoms with Crippen LogP contribution in [-0.4, -0.2) is 126 Å². The Morgan fingerprint density at radius 2 is 1.66 bits per heavy atom. The summed E-state index contributed by atoms with van der Waals surface area (Å²) in [5, 5.41) is 10.4. The number of imidazole rings is 1. The van der Waals surface area contributed by atoms with Crippen molar-refractivity contribution in [3.63, 3.8) is 0 Å². The zero-order chi connectivity index (χ0) is 61.3. The molecule has 0 spiro atoms. The van der Waals surface area contributed by atoms with Crippen LogP contribution in [0.4, 0.5) is 27.4 Å². The molecule has 2 saturated heterocycles. The van der Waals surface area contributed by atoms with E-state index in [9.17, 15) is 24.0 Å². The second-order valence-electron chi connectivity index (χ2n) is 20.8. The van der Waals surface area contributed by atoms with E-state index in [1.807, 2.05) is 111 Å². The third kappa shape index (κ3) is 14.4. The van der Waals surface area contributed by atoms with Crippen LogP contribution in [0.5, 0.6) is 0 Å². The summed E-state index contributed by atoms with van der Waals surface area (Å²) >= 11 is 0. The minimum absolute atomic E-state index is 0.0228. The number of carbonyl (C=O) groups is 5. The first-order valence-electron chi connectivity index (χ1n) is 30.1. The fraction of sp³-hybridized carbons (Fsp3) is 0.394. The number of aldehydes is 1. The number of aryl methyl sites for hydroxylation is 1. The molecular formula is C66H79FN14O5. The van der Waals surface area contributed by atoms with E-state index in [0.717, 1.165) is 116 Å². The van der Waals surface area contributed by atoms with E-state index in [1.165, 1.54) is 7.05 Å². The van der Waals surface area contributed by atoms with Gasteiger partial charge in [0.1, 0.15) is 41.1 Å². The molecule has 4 N–H and O–H groups in total. The van der Waals surface area contributed by atoms with E-state index in [1.54, 1.807) is 42.7 Å². The number of nitrogens with two attached hydrogens (primary N) is 1. The number of halogens is 1. The van der Waals surface area contributed by atoms with Crippen molar-refractivity contribution < 1.29 is 28.4 Å². The molecule has 450 valence electrons. The number of nitrogen functional groups attached to an aromatic ring is 1. The third-order valence-electron chi connectivity index (χ3n) is 15.5. The van der Waals surface area contributed by atoms with Crippen LogP contribution in [0.25, 0.3) is 28.1 Å². The topological polar surface area (TPSA) is 223 Å². The van der Waals surface area contributed by atoms with Crippen LogP contribution in [0.15, 0.2) is 110 Å². The number of imide groups is 1. The molecule has 19 nitrogen and oxygen atoms in total. The van der Waals surface area contributed by atoms with Crippen molar-refractivity contribution in [3.05, 3.63) is 144 Å². The number of piperidine rings is 2. The lowest BCUT2D eigenvalue weighted by Gasteiger charge is -2.37. The molecule has 86 heavy (non-hydrogen) atoms. The molecule has 0 aliphatic carbocycles. The zero-order valence-corrected chi connectivity index (χ0v) is 50.4. The van der Waals surface area contributed by atoms with Crippen molar-refractivity contribution in [1.82, 2.24) is 49.4 Å². The molecule has 1 atom stereocenters. The molecular weight excluding hydrogens is 1090 g/mol. The highest BCUT2D eigenvalue weighted by Gasteiger charge is 2.44. The number of likely N-dealkylation sites (tertiary alicyclic amines) is 1. The van der Waals surface area contributed by atoms with Gasteiger partial charge in [0, 0.05) is 119 Å². The van der Waals surface area contributed by atoms with Gasteiger partial charge in [-0.3, -0.25) is 33.3 Å². The van der Waals surface area contributed by atoms with Gasteiger partial charge in [-0.25, -0.2) is 24.3 Å². The number of nitrogens with one attached hydrogen (secondary N) is 2. The zero-order valence-electron chi connectivity index (χ0n) is 50.4. The summed E-state index contributed by atoms with van der Waals surface area (Å²) in [5.41, 5.74) is 12.9. The van der Waals surface area contributed by atoms with E-state index in [-0.39, 0.29) is 47.7 Å². The van der Waals surface area contributed by atoms with Crippen LogP contribution in [0.3, 0.4) is 0 Å². The van der Waals surface area contributed by atoms with E-state index >= 15 is 4.39 Å². The molecule has 7 aromatic rings. The highest BCUT2D eigenvalue weighted by atomic mass is 19.1. The van der Waals surface area contributed by atoms with Gasteiger partial charge < -0.3 is 35.9 Å². The first-order chi connectivity index (χ1) is 41.9. The van der Waals surface area contributed by atoms with Crippen molar-refractivity contribution in [2.75, 3.05) is 67.2 Å². The summed E-state index contributed by atoms with van der Waals surface area (Å²) in [5.74, 6) is 6.68. The van der Waals surface area contributed by atoms with Gasteiger partial charge in [-0.1, -0.05) is 64.7 Å². The fourth-order valence-electron chi connectivity index (χ4n) is 11.2. The van der Waals surface area contributed by atoms with Crippen molar-refractivity contribution >= 4 is 64.1 Å². The largest absolute Gasteiger partial charge is 0.384 e. The van der Waals surface area contributed by atoms with Crippen LogP contribution in [0.2, 0.25) is 0 Å². The van der Waals surface area contributed by atoms with Gasteiger partial charge in [-0.15, -0.1) is 0 Å². The van der Waals surface area contributed by atoms with Gasteiger partial charge in [-0.2, -0.15) is 5.10 Å². The third-order valence-corrected chi connectivity index (χ3v) is 15.5. The molecule has 9 heterocycles. The minimum Gasteiger partial charge on any atom is -0.384 e. The Morgan fingerprint density at radius 3 is 2.37 bits per heavy atom. The Kier molecular flexibility index (Phi) is 21.9. The number of likely N-dealkylation sites (N-methyl/N-ethyl adjacent to an activating group) is 1. The summed E-state index contributed by atoms with van der Waals surface area (Å²) in [6, 6.07) is 20.9. The maximum Gasteiger partial charge on any atom is 0.264 e. The second kappa shape index (κ2) is 30.0. The van der Waals surface area contributed by atoms with Crippen molar-refractivity contribution in [2.45, 2.75) is 118 Å². The van der Waals surface area contributed by atoms with Crippen molar-refractivity contribution in [2.24, 2.45) is 5.92 Å². The first kappa shape index (κ1) is 62.8. The summed E-state index contributed by atoms with van der Waals surface area (Å²) < 4.78 is 19.0. The van der Waals surface area contributed by atoms with Crippen LogP contribution in [-0.2, 0) is 20.9 Å². The SMILES string of the molecule is CC.CC.CCC#Cc1ccc(N2CCC(C(=O)N3CCC(n4cc(CNc5cccc6c5C(=O)N(C(CCC=O)C(=O)NC)C6=O)cn4)CC3)CC2)nc1.Cc1nc2ccc(-c3ccnc(N)c3)nc2n1-c1ccc(N2CC=CCCC2)c(F)c1. The molecule has 2 aromatic carbocycles. The molecule has 2 fully saturated rings. The predicted octanol–water partition coefficient (Wildman–Crippen LogP) is 10.1. The van der Waals surface area contributed by atoms with E-state index < -0.39 is 23.8 Å². The highest BCUT2D eigenvalue weighted by Crippen LogP contribution is 2.34. The molecule has 5 aromatic heterocycles. The van der Waals surface area contributed by atoms with E-state index in [0.29, 0.717) is 54.4 Å². The number of carbonyl (C=O) groups excluding carboxylic acids is 5. The highest BCUT2D eigenvalue weighted by molar-refractivity contribution is 6.25. The lowest BCUT2D eigenvalue weighted by Crippen LogP contribution is -2.48. The Bertz CT molecular complexity index is 3590. The van der Waals surface area contributed by atoms with Crippen molar-refractivity contribution in [3.8, 4) is 28.8 Å². The van der Waals surface area contributed by atoms with E-state index in [4.69, 9.17) is 10.7 Å². The minimum atomic E-state index is -1.08. The van der Waals surface area contributed by atoms with Crippen molar-refractivity contribution in [1.29, 1.82) is 0 Å². The number of rotatable bonds is 14.